The molecule has 2 aliphatic rings. The molecule has 1 aliphatic carbocycles. The Hall–Kier alpha value is -2.61. The lowest BCUT2D eigenvalue weighted by Gasteiger charge is -2.37. The second-order valence-corrected chi connectivity index (χ2v) is 11.1. The highest BCUT2D eigenvalue weighted by Gasteiger charge is 2.40. The van der Waals surface area contributed by atoms with Gasteiger partial charge in [-0.05, 0) is 74.5 Å². The lowest BCUT2D eigenvalue weighted by Crippen LogP contribution is -2.53. The van der Waals surface area contributed by atoms with Crippen LogP contribution in [0.3, 0.4) is 0 Å². The molecule has 0 bridgehead atoms. The summed E-state index contributed by atoms with van der Waals surface area (Å²) >= 11 is 0. The summed E-state index contributed by atoms with van der Waals surface area (Å²) in [4.78, 5) is 40.4. The number of aliphatic hydroxyl groups is 1. The van der Waals surface area contributed by atoms with Crippen molar-refractivity contribution in [3.05, 3.63) is 29.3 Å². The maximum absolute atomic E-state index is 13.2. The number of carbonyl (C=O) groups is 3. The van der Waals surface area contributed by atoms with Crippen LogP contribution in [0.25, 0.3) is 0 Å². The van der Waals surface area contributed by atoms with Gasteiger partial charge in [-0.15, -0.1) is 0 Å². The van der Waals surface area contributed by atoms with E-state index >= 15 is 0 Å². The Kier molecular flexibility index (Phi) is 9.39. The van der Waals surface area contributed by atoms with Gasteiger partial charge >= 0.3 is 5.97 Å². The zero-order chi connectivity index (χ0) is 26.6. The van der Waals surface area contributed by atoms with E-state index < -0.39 is 24.1 Å². The van der Waals surface area contributed by atoms with E-state index in [2.05, 4.69) is 26.1 Å². The largest absolute Gasteiger partial charge is 0.508 e. The van der Waals surface area contributed by atoms with Crippen molar-refractivity contribution in [2.24, 2.45) is 17.8 Å². The van der Waals surface area contributed by atoms with Crippen molar-refractivity contribution >= 4 is 17.8 Å². The highest BCUT2D eigenvalue weighted by atomic mass is 16.5. The SMILES string of the molecule is Cc1ccc(C[C@@H](O)C(=O)N[C@@H](C)C(=O)N2CCCC2C(=O)O[C@@H]2C[C@H](C)CC[C@H]2C(C)C)cc1O. The molecule has 36 heavy (non-hydrogen) atoms. The number of carbonyl (C=O) groups excluding carboxylic acids is 3. The number of phenols is 1. The molecule has 0 spiro atoms. The van der Waals surface area contributed by atoms with Crippen LogP contribution in [-0.2, 0) is 25.5 Å². The van der Waals surface area contributed by atoms with Crippen molar-refractivity contribution in [1.82, 2.24) is 10.2 Å². The average Bonchev–Trinajstić information content (AvgIpc) is 3.30. The third kappa shape index (κ3) is 6.78. The fourth-order valence-corrected chi connectivity index (χ4v) is 5.47. The van der Waals surface area contributed by atoms with Crippen LogP contribution in [0.1, 0.15) is 70.9 Å². The fraction of sp³-hybridized carbons (Fsp3) is 0.679. The van der Waals surface area contributed by atoms with E-state index in [1.54, 1.807) is 26.0 Å². The molecule has 1 aromatic carbocycles. The third-order valence-electron chi connectivity index (χ3n) is 7.77. The van der Waals surface area contributed by atoms with E-state index in [1.807, 2.05) is 0 Å². The summed E-state index contributed by atoms with van der Waals surface area (Å²) in [6.45, 7) is 10.3. The molecule has 1 unspecified atom stereocenters. The minimum absolute atomic E-state index is 0.01000. The number of aryl methyl sites for hydroxylation is 1. The molecule has 200 valence electrons. The van der Waals surface area contributed by atoms with Crippen LogP contribution < -0.4 is 5.32 Å². The van der Waals surface area contributed by atoms with Crippen molar-refractivity contribution in [1.29, 1.82) is 0 Å². The van der Waals surface area contributed by atoms with Gasteiger partial charge in [-0.25, -0.2) is 4.79 Å². The molecule has 3 rings (SSSR count). The quantitative estimate of drug-likeness (QED) is 0.471. The van der Waals surface area contributed by atoms with Crippen molar-refractivity contribution in [2.75, 3.05) is 6.54 Å². The molecule has 8 nitrogen and oxygen atoms in total. The van der Waals surface area contributed by atoms with Gasteiger partial charge in [0.2, 0.25) is 11.8 Å². The van der Waals surface area contributed by atoms with E-state index in [4.69, 9.17) is 4.74 Å². The molecule has 1 aliphatic heterocycles. The molecule has 8 heteroatoms. The molecule has 1 saturated heterocycles. The number of aromatic hydroxyl groups is 1. The van der Waals surface area contributed by atoms with Crippen molar-refractivity contribution < 1.29 is 29.3 Å². The van der Waals surface area contributed by atoms with Gasteiger partial charge in [-0.3, -0.25) is 9.59 Å². The van der Waals surface area contributed by atoms with Gasteiger partial charge in [0.05, 0.1) is 0 Å². The molecular weight excluding hydrogens is 460 g/mol. The van der Waals surface area contributed by atoms with E-state index in [1.165, 1.54) is 11.0 Å². The summed E-state index contributed by atoms with van der Waals surface area (Å²) in [5, 5.41) is 22.8. The van der Waals surface area contributed by atoms with Crippen LogP contribution in [0.2, 0.25) is 0 Å². The molecule has 0 aromatic heterocycles. The lowest BCUT2D eigenvalue weighted by molar-refractivity contribution is -0.164. The molecule has 0 radical (unpaired) electrons. The van der Waals surface area contributed by atoms with Gasteiger partial charge in [0, 0.05) is 13.0 Å². The summed E-state index contributed by atoms with van der Waals surface area (Å²) in [6, 6.07) is 3.41. The Morgan fingerprint density at radius 1 is 1.17 bits per heavy atom. The van der Waals surface area contributed by atoms with Gasteiger partial charge < -0.3 is 25.2 Å². The summed E-state index contributed by atoms with van der Waals surface area (Å²) in [5.41, 5.74) is 1.31. The predicted molar refractivity (Wildman–Crippen MR) is 136 cm³/mol. The first-order valence-corrected chi connectivity index (χ1v) is 13.3. The molecule has 1 saturated carbocycles. The Labute approximate surface area is 214 Å². The topological polar surface area (TPSA) is 116 Å². The number of nitrogens with zero attached hydrogens (tertiary/aromatic N) is 1. The zero-order valence-electron chi connectivity index (χ0n) is 22.2. The van der Waals surface area contributed by atoms with Gasteiger partial charge in [-0.2, -0.15) is 0 Å². The number of hydrogen-bond acceptors (Lipinski definition) is 6. The van der Waals surface area contributed by atoms with E-state index in [0.29, 0.717) is 48.3 Å². The molecule has 2 fully saturated rings. The summed E-state index contributed by atoms with van der Waals surface area (Å²) in [5.74, 6) is -0.0513. The number of nitrogens with one attached hydrogen (secondary N) is 1. The highest BCUT2D eigenvalue weighted by Crippen LogP contribution is 2.36. The number of ether oxygens (including phenoxy) is 1. The molecule has 1 aromatic rings. The summed E-state index contributed by atoms with van der Waals surface area (Å²) in [6.07, 6.45) is 2.76. The van der Waals surface area contributed by atoms with Gasteiger partial charge in [0.1, 0.15) is 30.0 Å². The second-order valence-electron chi connectivity index (χ2n) is 11.1. The smallest absolute Gasteiger partial charge is 0.329 e. The molecule has 3 N–H and O–H groups in total. The first-order valence-electron chi connectivity index (χ1n) is 13.3. The minimum atomic E-state index is -1.37. The number of esters is 1. The summed E-state index contributed by atoms with van der Waals surface area (Å²) < 4.78 is 6.00. The van der Waals surface area contributed by atoms with Gasteiger partial charge in [0.15, 0.2) is 0 Å². The third-order valence-corrected chi connectivity index (χ3v) is 7.77. The fourth-order valence-electron chi connectivity index (χ4n) is 5.47. The number of rotatable bonds is 8. The minimum Gasteiger partial charge on any atom is -0.508 e. The normalized spacial score (nSPS) is 25.9. The monoisotopic (exact) mass is 502 g/mol. The Morgan fingerprint density at radius 3 is 2.56 bits per heavy atom. The van der Waals surface area contributed by atoms with E-state index in [-0.39, 0.29) is 30.2 Å². The molecule has 1 heterocycles. The Balaban J connectivity index is 1.57. The van der Waals surface area contributed by atoms with Crippen LogP contribution in [0.15, 0.2) is 18.2 Å². The van der Waals surface area contributed by atoms with Crippen molar-refractivity contribution in [3.63, 3.8) is 0 Å². The number of aliphatic hydroxyl groups excluding tert-OH is 1. The average molecular weight is 503 g/mol. The van der Waals surface area contributed by atoms with Crippen LogP contribution in [0, 0.1) is 24.7 Å². The Morgan fingerprint density at radius 2 is 1.89 bits per heavy atom. The van der Waals surface area contributed by atoms with Crippen LogP contribution in [-0.4, -0.2) is 63.7 Å². The number of benzene rings is 1. The van der Waals surface area contributed by atoms with Crippen molar-refractivity contribution in [3.8, 4) is 5.75 Å². The first kappa shape index (κ1) is 28.0. The molecular formula is C28H42N2O6. The van der Waals surface area contributed by atoms with Crippen LogP contribution in [0.5, 0.6) is 5.75 Å². The van der Waals surface area contributed by atoms with Crippen molar-refractivity contribution in [2.45, 2.75) is 97.4 Å². The lowest BCUT2D eigenvalue weighted by atomic mass is 9.75. The number of phenolic OH excluding ortho intramolecular Hbond substituents is 1. The number of hydrogen-bond donors (Lipinski definition) is 3. The second kappa shape index (κ2) is 12.1. The maximum atomic E-state index is 13.2. The number of amides is 2. The predicted octanol–water partition coefficient (Wildman–Crippen LogP) is 3.10. The molecule has 6 atom stereocenters. The standard InChI is InChI=1S/C28H42N2O6/c1-16(2)21-11-8-17(3)13-25(21)36-28(35)22-7-6-12-30(22)27(34)19(5)29-26(33)24(32)15-20-10-9-18(4)23(31)14-20/h9-10,14,16-17,19,21-22,24-25,31-32H,6-8,11-13,15H2,1-5H3,(H,29,33)/t17-,19+,21+,22?,24-,25-/m1/s1. The molecule has 2 amide bonds. The zero-order valence-corrected chi connectivity index (χ0v) is 22.2. The number of likely N-dealkylation sites (tertiary alicyclic amines) is 1. The van der Waals surface area contributed by atoms with Gasteiger partial charge in [-0.1, -0.05) is 39.3 Å². The Bertz CT molecular complexity index is 948. The van der Waals surface area contributed by atoms with Gasteiger partial charge in [0.25, 0.3) is 0 Å². The maximum Gasteiger partial charge on any atom is 0.329 e. The van der Waals surface area contributed by atoms with Crippen LogP contribution in [0.4, 0.5) is 0 Å². The summed E-state index contributed by atoms with van der Waals surface area (Å²) in [7, 11) is 0. The highest BCUT2D eigenvalue weighted by molar-refractivity contribution is 5.92. The first-order chi connectivity index (χ1) is 17.0. The van der Waals surface area contributed by atoms with E-state index in [9.17, 15) is 24.6 Å². The van der Waals surface area contributed by atoms with E-state index in [0.717, 1.165) is 19.3 Å². The van der Waals surface area contributed by atoms with Crippen LogP contribution >= 0.6 is 0 Å².